The monoisotopic (exact) mass is 252 g/mol. The molecule has 0 saturated heterocycles. The lowest BCUT2D eigenvalue weighted by Gasteiger charge is -2.16. The van der Waals surface area contributed by atoms with Crippen LogP contribution in [0.4, 0.5) is 0 Å². The van der Waals surface area contributed by atoms with Crippen molar-refractivity contribution >= 4 is 11.9 Å². The van der Waals surface area contributed by atoms with E-state index in [9.17, 15) is 14.4 Å². The van der Waals surface area contributed by atoms with Gasteiger partial charge in [-0.15, -0.1) is 0 Å². The molecule has 3 N–H and O–H groups in total. The van der Waals surface area contributed by atoms with Gasteiger partial charge >= 0.3 is 5.97 Å². The topological polar surface area (TPSA) is 99.3 Å². The number of carbonyl (C=O) groups is 2. The molecule has 0 aliphatic rings. The Morgan fingerprint density at radius 2 is 2.06 bits per heavy atom. The predicted molar refractivity (Wildman–Crippen MR) is 65.4 cm³/mol. The van der Waals surface area contributed by atoms with Crippen LogP contribution in [0.15, 0.2) is 23.0 Å². The number of nitrogens with one attached hydrogen (secondary N) is 2. The summed E-state index contributed by atoms with van der Waals surface area (Å²) < 4.78 is 0. The molecule has 0 aliphatic carbocycles. The van der Waals surface area contributed by atoms with Crippen LogP contribution < -0.4 is 10.9 Å². The van der Waals surface area contributed by atoms with E-state index in [1.165, 1.54) is 18.2 Å². The molecule has 1 rings (SSSR count). The van der Waals surface area contributed by atoms with Crippen molar-refractivity contribution in [2.75, 3.05) is 0 Å². The minimum atomic E-state index is -1.09. The first-order valence-electron chi connectivity index (χ1n) is 5.63. The molecule has 0 spiro atoms. The summed E-state index contributed by atoms with van der Waals surface area (Å²) in [6.07, 6.45) is 0.331. The molecule has 0 bridgehead atoms. The molecule has 6 heteroatoms. The first kappa shape index (κ1) is 14.0. The molecule has 98 valence electrons. The SMILES string of the molecule is CC(C)C[C@H](NC(=O)c1cccc(=O)[nH]1)C(=O)O. The normalized spacial score (nSPS) is 12.2. The molecule has 1 heterocycles. The lowest BCUT2D eigenvalue weighted by molar-refractivity contribution is -0.139. The third-order valence-corrected chi connectivity index (χ3v) is 2.32. The van der Waals surface area contributed by atoms with Gasteiger partial charge in [0.15, 0.2) is 0 Å². The first-order valence-corrected chi connectivity index (χ1v) is 5.63. The van der Waals surface area contributed by atoms with Crippen LogP contribution in [0.3, 0.4) is 0 Å². The number of hydrogen-bond acceptors (Lipinski definition) is 3. The molecular formula is C12H16N2O4. The Bertz CT molecular complexity index is 493. The summed E-state index contributed by atoms with van der Waals surface area (Å²) in [6.45, 7) is 3.74. The number of pyridine rings is 1. The molecular weight excluding hydrogens is 236 g/mol. The van der Waals surface area contributed by atoms with Gasteiger partial charge in [0.25, 0.3) is 5.91 Å². The van der Waals surface area contributed by atoms with E-state index in [-0.39, 0.29) is 11.6 Å². The summed E-state index contributed by atoms with van der Waals surface area (Å²) in [5.41, 5.74) is -0.351. The summed E-state index contributed by atoms with van der Waals surface area (Å²) in [4.78, 5) is 36.1. The zero-order valence-corrected chi connectivity index (χ0v) is 10.3. The summed E-state index contributed by atoms with van der Waals surface area (Å²) in [7, 11) is 0. The molecule has 1 aromatic rings. The quantitative estimate of drug-likeness (QED) is 0.714. The zero-order chi connectivity index (χ0) is 13.7. The highest BCUT2D eigenvalue weighted by molar-refractivity contribution is 5.94. The van der Waals surface area contributed by atoms with Crippen molar-refractivity contribution < 1.29 is 14.7 Å². The zero-order valence-electron chi connectivity index (χ0n) is 10.3. The minimum Gasteiger partial charge on any atom is -0.480 e. The fourth-order valence-electron chi connectivity index (χ4n) is 1.51. The maximum Gasteiger partial charge on any atom is 0.326 e. The van der Waals surface area contributed by atoms with E-state index in [4.69, 9.17) is 5.11 Å². The highest BCUT2D eigenvalue weighted by Gasteiger charge is 2.21. The summed E-state index contributed by atoms with van der Waals surface area (Å²) in [5.74, 6) is -1.54. The number of H-pyrrole nitrogens is 1. The number of aliphatic carboxylic acids is 1. The largest absolute Gasteiger partial charge is 0.480 e. The summed E-state index contributed by atoms with van der Waals surface area (Å²) in [5, 5.41) is 11.4. The molecule has 0 fully saturated rings. The second-order valence-corrected chi connectivity index (χ2v) is 4.42. The van der Waals surface area contributed by atoms with Crippen LogP contribution in [-0.2, 0) is 4.79 Å². The molecule has 0 saturated carbocycles. The van der Waals surface area contributed by atoms with Crippen LogP contribution in [0.1, 0.15) is 30.8 Å². The minimum absolute atomic E-state index is 0.0532. The lowest BCUT2D eigenvalue weighted by atomic mass is 10.0. The van der Waals surface area contributed by atoms with Gasteiger partial charge in [0.1, 0.15) is 11.7 Å². The van der Waals surface area contributed by atoms with Crippen LogP contribution in [-0.4, -0.2) is 28.0 Å². The van der Waals surface area contributed by atoms with E-state index in [0.717, 1.165) is 0 Å². The number of hydrogen-bond donors (Lipinski definition) is 3. The average Bonchev–Trinajstić information content (AvgIpc) is 2.27. The lowest BCUT2D eigenvalue weighted by Crippen LogP contribution is -2.42. The number of aromatic nitrogens is 1. The van der Waals surface area contributed by atoms with Gasteiger partial charge in [-0.1, -0.05) is 19.9 Å². The van der Waals surface area contributed by atoms with Crippen LogP contribution in [0.5, 0.6) is 0 Å². The number of aromatic amines is 1. The Labute approximate surface area is 104 Å². The molecule has 1 amide bonds. The fraction of sp³-hybridized carbons (Fsp3) is 0.417. The maximum absolute atomic E-state index is 11.7. The van der Waals surface area contributed by atoms with Gasteiger partial charge in [-0.25, -0.2) is 4.79 Å². The second kappa shape index (κ2) is 6.00. The van der Waals surface area contributed by atoms with E-state index in [2.05, 4.69) is 10.3 Å². The van der Waals surface area contributed by atoms with Crippen molar-refractivity contribution in [2.45, 2.75) is 26.3 Å². The van der Waals surface area contributed by atoms with Crippen molar-refractivity contribution in [3.8, 4) is 0 Å². The second-order valence-electron chi connectivity index (χ2n) is 4.42. The van der Waals surface area contributed by atoms with E-state index in [0.29, 0.717) is 6.42 Å². The Balaban J connectivity index is 2.78. The van der Waals surface area contributed by atoms with Crippen LogP contribution >= 0.6 is 0 Å². The maximum atomic E-state index is 11.7. The highest BCUT2D eigenvalue weighted by atomic mass is 16.4. The van der Waals surface area contributed by atoms with Crippen LogP contribution in [0.25, 0.3) is 0 Å². The Kier molecular flexibility index (Phi) is 4.65. The molecule has 1 aromatic heterocycles. The number of carboxylic acids is 1. The smallest absolute Gasteiger partial charge is 0.326 e. The first-order chi connectivity index (χ1) is 8.40. The molecule has 0 aromatic carbocycles. The van der Waals surface area contributed by atoms with Crippen molar-refractivity contribution in [3.05, 3.63) is 34.2 Å². The van der Waals surface area contributed by atoms with Crippen molar-refractivity contribution in [2.24, 2.45) is 5.92 Å². The van der Waals surface area contributed by atoms with Gasteiger partial charge in [-0.3, -0.25) is 9.59 Å². The Morgan fingerprint density at radius 3 is 2.56 bits per heavy atom. The van der Waals surface area contributed by atoms with Gasteiger partial charge in [0.05, 0.1) is 0 Å². The fourth-order valence-corrected chi connectivity index (χ4v) is 1.51. The van der Waals surface area contributed by atoms with Gasteiger partial charge in [0, 0.05) is 6.07 Å². The number of amides is 1. The standard InChI is InChI=1S/C12H16N2O4/c1-7(2)6-9(12(17)18)14-11(16)8-4-3-5-10(15)13-8/h3-5,7,9H,6H2,1-2H3,(H,13,15)(H,14,16)(H,17,18)/t9-/m0/s1. The molecule has 0 radical (unpaired) electrons. The van der Waals surface area contributed by atoms with Gasteiger partial charge in [-0.05, 0) is 18.4 Å². The van der Waals surface area contributed by atoms with E-state index < -0.39 is 23.5 Å². The Hall–Kier alpha value is -2.11. The van der Waals surface area contributed by atoms with E-state index in [1.54, 1.807) is 0 Å². The predicted octanol–water partition coefficient (Wildman–Crippen LogP) is 0.604. The third kappa shape index (κ3) is 4.04. The highest BCUT2D eigenvalue weighted by Crippen LogP contribution is 2.05. The Morgan fingerprint density at radius 1 is 1.39 bits per heavy atom. The van der Waals surface area contributed by atoms with Gasteiger partial charge in [0.2, 0.25) is 5.56 Å². The molecule has 0 unspecified atom stereocenters. The van der Waals surface area contributed by atoms with E-state index in [1.807, 2.05) is 13.8 Å². The number of carbonyl (C=O) groups excluding carboxylic acids is 1. The summed E-state index contributed by atoms with van der Waals surface area (Å²) >= 11 is 0. The van der Waals surface area contributed by atoms with Crippen molar-refractivity contribution in [1.29, 1.82) is 0 Å². The number of rotatable bonds is 5. The molecule has 18 heavy (non-hydrogen) atoms. The molecule has 1 atom stereocenters. The van der Waals surface area contributed by atoms with E-state index >= 15 is 0 Å². The third-order valence-electron chi connectivity index (χ3n) is 2.32. The average molecular weight is 252 g/mol. The summed E-state index contributed by atoms with van der Waals surface area (Å²) in [6, 6.07) is 3.18. The molecule has 0 aliphatic heterocycles. The van der Waals surface area contributed by atoms with Crippen LogP contribution in [0.2, 0.25) is 0 Å². The van der Waals surface area contributed by atoms with Crippen molar-refractivity contribution in [3.63, 3.8) is 0 Å². The van der Waals surface area contributed by atoms with Crippen LogP contribution in [0, 0.1) is 5.92 Å². The van der Waals surface area contributed by atoms with Gasteiger partial charge in [-0.2, -0.15) is 0 Å². The van der Waals surface area contributed by atoms with Crippen molar-refractivity contribution in [1.82, 2.24) is 10.3 Å². The molecule has 6 nitrogen and oxygen atoms in total. The van der Waals surface area contributed by atoms with Gasteiger partial charge < -0.3 is 15.4 Å². The number of carboxylic acid groups (broad SMARTS) is 1.